The molecule has 1 aliphatic heterocycles. The van der Waals surface area contributed by atoms with Gasteiger partial charge in [0.05, 0.1) is 5.84 Å². The lowest BCUT2D eigenvalue weighted by Crippen LogP contribution is -2.21. The van der Waals surface area contributed by atoms with E-state index in [4.69, 9.17) is 5.73 Å². The summed E-state index contributed by atoms with van der Waals surface area (Å²) in [5, 5.41) is 0. The molecule has 0 amide bonds. The molecule has 0 aromatic carbocycles. The first-order valence-corrected chi connectivity index (χ1v) is 6.23. The Hall–Kier alpha value is -0.180. The Labute approximate surface area is 85.4 Å². The van der Waals surface area contributed by atoms with Gasteiger partial charge in [-0.15, -0.1) is 0 Å². The van der Waals surface area contributed by atoms with Crippen molar-refractivity contribution in [2.45, 2.75) is 26.7 Å². The van der Waals surface area contributed by atoms with Gasteiger partial charge in [-0.25, -0.2) is 0 Å². The Balaban J connectivity index is 2.27. The summed E-state index contributed by atoms with van der Waals surface area (Å²) in [5.41, 5.74) is 5.78. The average Bonchev–Trinajstić information content (AvgIpc) is 2.15. The van der Waals surface area contributed by atoms with Crippen LogP contribution in [0.15, 0.2) is 4.99 Å². The van der Waals surface area contributed by atoms with E-state index in [1.807, 2.05) is 0 Å². The van der Waals surface area contributed by atoms with E-state index < -0.39 is 0 Å². The van der Waals surface area contributed by atoms with Gasteiger partial charge in [-0.2, -0.15) is 11.8 Å². The molecule has 1 fully saturated rings. The molecule has 0 spiro atoms. The molecule has 1 aliphatic rings. The van der Waals surface area contributed by atoms with Gasteiger partial charge < -0.3 is 5.73 Å². The molecule has 13 heavy (non-hydrogen) atoms. The molecule has 0 bridgehead atoms. The second kappa shape index (κ2) is 5.53. The van der Waals surface area contributed by atoms with Crippen LogP contribution in [0.3, 0.4) is 0 Å². The van der Waals surface area contributed by atoms with Crippen LogP contribution in [0.25, 0.3) is 0 Å². The van der Waals surface area contributed by atoms with Gasteiger partial charge in [-0.3, -0.25) is 4.99 Å². The van der Waals surface area contributed by atoms with Crippen molar-refractivity contribution in [2.24, 2.45) is 22.6 Å². The molecule has 1 saturated heterocycles. The second-order valence-electron chi connectivity index (χ2n) is 3.98. The van der Waals surface area contributed by atoms with Crippen molar-refractivity contribution < 1.29 is 0 Å². The molecule has 0 saturated carbocycles. The molecule has 3 heteroatoms. The van der Waals surface area contributed by atoms with Crippen LogP contribution >= 0.6 is 11.8 Å². The number of nitrogens with two attached hydrogens (primary N) is 1. The van der Waals surface area contributed by atoms with Gasteiger partial charge in [0.25, 0.3) is 0 Å². The van der Waals surface area contributed by atoms with E-state index >= 15 is 0 Å². The van der Waals surface area contributed by atoms with E-state index in [0.29, 0.717) is 5.92 Å². The molecule has 2 N–H and O–H groups in total. The minimum atomic E-state index is 0.401. The lowest BCUT2D eigenvalue weighted by molar-refractivity contribution is 0.502. The van der Waals surface area contributed by atoms with Gasteiger partial charge in [0.1, 0.15) is 0 Å². The molecule has 0 unspecified atom stereocenters. The third-order valence-corrected chi connectivity index (χ3v) is 3.51. The molecule has 0 aromatic rings. The van der Waals surface area contributed by atoms with E-state index in [9.17, 15) is 0 Å². The second-order valence-corrected chi connectivity index (χ2v) is 5.20. The Morgan fingerprint density at radius 3 is 2.62 bits per heavy atom. The fraction of sp³-hybridized carbons (Fsp3) is 0.900. The zero-order chi connectivity index (χ0) is 9.68. The number of thioether (sulfide) groups is 1. The van der Waals surface area contributed by atoms with E-state index in [1.54, 1.807) is 0 Å². The standard InChI is InChI=1S/C10H20N2S/c1-8(2)10(11)12-7-9-3-5-13-6-4-9/h8-9H,3-7H2,1-2H3,(H2,11,12). The molecule has 1 heterocycles. The van der Waals surface area contributed by atoms with Gasteiger partial charge in [-0.05, 0) is 30.3 Å². The van der Waals surface area contributed by atoms with Gasteiger partial charge >= 0.3 is 0 Å². The van der Waals surface area contributed by atoms with Crippen molar-refractivity contribution in [1.82, 2.24) is 0 Å². The predicted molar refractivity (Wildman–Crippen MR) is 61.4 cm³/mol. The fourth-order valence-corrected chi connectivity index (χ4v) is 2.55. The zero-order valence-corrected chi connectivity index (χ0v) is 9.44. The molecular weight excluding hydrogens is 180 g/mol. The van der Waals surface area contributed by atoms with Gasteiger partial charge in [0.15, 0.2) is 0 Å². The molecule has 0 radical (unpaired) electrons. The Morgan fingerprint density at radius 2 is 2.08 bits per heavy atom. The van der Waals surface area contributed by atoms with Crippen molar-refractivity contribution in [1.29, 1.82) is 0 Å². The largest absolute Gasteiger partial charge is 0.387 e. The highest BCUT2D eigenvalue weighted by molar-refractivity contribution is 7.99. The first-order valence-electron chi connectivity index (χ1n) is 5.07. The molecule has 76 valence electrons. The minimum Gasteiger partial charge on any atom is -0.387 e. The van der Waals surface area contributed by atoms with Crippen LogP contribution in [0, 0.1) is 11.8 Å². The third-order valence-electron chi connectivity index (χ3n) is 2.46. The molecule has 1 rings (SSSR count). The van der Waals surface area contributed by atoms with Crippen molar-refractivity contribution in [3.05, 3.63) is 0 Å². The van der Waals surface area contributed by atoms with Crippen molar-refractivity contribution in [2.75, 3.05) is 18.1 Å². The number of hydrogen-bond acceptors (Lipinski definition) is 2. The molecule has 0 atom stereocenters. The van der Waals surface area contributed by atoms with Gasteiger partial charge in [-0.1, -0.05) is 13.8 Å². The molecular formula is C10H20N2S. The summed E-state index contributed by atoms with van der Waals surface area (Å²) in [6.07, 6.45) is 2.64. The zero-order valence-electron chi connectivity index (χ0n) is 8.62. The van der Waals surface area contributed by atoms with Crippen LogP contribution in [0.2, 0.25) is 0 Å². The monoisotopic (exact) mass is 200 g/mol. The van der Waals surface area contributed by atoms with Gasteiger partial charge in [0.2, 0.25) is 0 Å². The van der Waals surface area contributed by atoms with E-state index in [1.165, 1.54) is 24.3 Å². The summed E-state index contributed by atoms with van der Waals surface area (Å²) in [7, 11) is 0. The predicted octanol–water partition coefficient (Wildman–Crippen LogP) is 2.14. The topological polar surface area (TPSA) is 38.4 Å². The third kappa shape index (κ3) is 4.03. The SMILES string of the molecule is CC(C)C(N)=NCC1CCSCC1. The fourth-order valence-electron chi connectivity index (χ4n) is 1.35. The normalized spacial score (nSPS) is 21.0. The average molecular weight is 200 g/mol. The summed E-state index contributed by atoms with van der Waals surface area (Å²) in [5.74, 6) is 4.62. The Morgan fingerprint density at radius 1 is 1.46 bits per heavy atom. The quantitative estimate of drug-likeness (QED) is 0.560. The summed E-state index contributed by atoms with van der Waals surface area (Å²) >= 11 is 2.06. The number of amidine groups is 1. The number of hydrogen-bond donors (Lipinski definition) is 1. The van der Waals surface area contributed by atoms with Crippen molar-refractivity contribution in [3.8, 4) is 0 Å². The highest BCUT2D eigenvalue weighted by Crippen LogP contribution is 2.22. The summed E-state index contributed by atoms with van der Waals surface area (Å²) in [6, 6.07) is 0. The minimum absolute atomic E-state index is 0.401. The van der Waals surface area contributed by atoms with Crippen LogP contribution in [-0.4, -0.2) is 23.9 Å². The first kappa shape index (κ1) is 10.9. The first-order chi connectivity index (χ1) is 6.20. The maximum atomic E-state index is 5.78. The Kier molecular flexibility index (Phi) is 4.64. The summed E-state index contributed by atoms with van der Waals surface area (Å²) in [6.45, 7) is 5.13. The van der Waals surface area contributed by atoms with Gasteiger partial charge in [0, 0.05) is 12.5 Å². The molecule has 0 aromatic heterocycles. The highest BCUT2D eigenvalue weighted by atomic mass is 32.2. The molecule has 2 nitrogen and oxygen atoms in total. The van der Waals surface area contributed by atoms with Crippen LogP contribution in [0.4, 0.5) is 0 Å². The smallest absolute Gasteiger partial charge is 0.0962 e. The van der Waals surface area contributed by atoms with Crippen LogP contribution in [0.5, 0.6) is 0 Å². The maximum Gasteiger partial charge on any atom is 0.0962 e. The van der Waals surface area contributed by atoms with Crippen molar-refractivity contribution >= 4 is 17.6 Å². The summed E-state index contributed by atoms with van der Waals surface area (Å²) < 4.78 is 0. The van der Waals surface area contributed by atoms with Crippen molar-refractivity contribution in [3.63, 3.8) is 0 Å². The number of nitrogens with zero attached hydrogens (tertiary/aromatic N) is 1. The van der Waals surface area contributed by atoms with Crippen LogP contribution in [-0.2, 0) is 0 Å². The van der Waals surface area contributed by atoms with E-state index in [2.05, 4.69) is 30.6 Å². The lowest BCUT2D eigenvalue weighted by atomic mass is 10.0. The van der Waals surface area contributed by atoms with E-state index in [-0.39, 0.29) is 0 Å². The molecule has 0 aliphatic carbocycles. The number of aliphatic imine (C=N–C) groups is 1. The van der Waals surface area contributed by atoms with Crippen LogP contribution < -0.4 is 5.73 Å². The highest BCUT2D eigenvalue weighted by Gasteiger charge is 2.13. The van der Waals surface area contributed by atoms with E-state index in [0.717, 1.165) is 18.3 Å². The van der Waals surface area contributed by atoms with Crippen LogP contribution in [0.1, 0.15) is 26.7 Å². The number of rotatable bonds is 3. The lowest BCUT2D eigenvalue weighted by Gasteiger charge is -2.19. The Bertz CT molecular complexity index is 172. The maximum absolute atomic E-state index is 5.78. The summed E-state index contributed by atoms with van der Waals surface area (Å²) in [4.78, 5) is 4.43.